The maximum atomic E-state index is 12.0. The molecule has 7 heteroatoms. The third kappa shape index (κ3) is 2.96. The number of esters is 1. The van der Waals surface area contributed by atoms with Gasteiger partial charge in [0.05, 0.1) is 12.7 Å². The van der Waals surface area contributed by atoms with Gasteiger partial charge in [0.2, 0.25) is 0 Å². The predicted molar refractivity (Wildman–Crippen MR) is 50.1 cm³/mol. The van der Waals surface area contributed by atoms with Crippen molar-refractivity contribution in [3.63, 3.8) is 0 Å². The molecule has 0 heterocycles. The summed E-state index contributed by atoms with van der Waals surface area (Å²) >= 11 is 0. The number of halogens is 3. The summed E-state index contributed by atoms with van der Waals surface area (Å²) < 4.78 is 44.8. The Bertz CT molecular complexity index is 440. The average molecular weight is 248 g/mol. The number of hydrogen-bond acceptors (Lipinski definition) is 4. The third-order valence-corrected chi connectivity index (χ3v) is 1.78. The van der Waals surface area contributed by atoms with Gasteiger partial charge in [0.15, 0.2) is 17.8 Å². The van der Waals surface area contributed by atoms with Crippen molar-refractivity contribution in [3.05, 3.63) is 23.8 Å². The van der Waals surface area contributed by atoms with Crippen molar-refractivity contribution in [2.75, 3.05) is 7.11 Å². The molecule has 0 N–H and O–H groups in total. The van der Waals surface area contributed by atoms with Gasteiger partial charge in [-0.2, -0.15) is 13.2 Å². The zero-order valence-corrected chi connectivity index (χ0v) is 8.58. The maximum Gasteiger partial charge on any atom is 0.491 e. The first-order chi connectivity index (χ1) is 7.90. The quantitative estimate of drug-likeness (QED) is 0.466. The van der Waals surface area contributed by atoms with Crippen LogP contribution < -0.4 is 9.47 Å². The highest BCUT2D eigenvalue weighted by Crippen LogP contribution is 2.31. The van der Waals surface area contributed by atoms with Crippen LogP contribution in [0, 0.1) is 0 Å². The van der Waals surface area contributed by atoms with Gasteiger partial charge in [-0.15, -0.1) is 0 Å². The van der Waals surface area contributed by atoms with E-state index in [1.54, 1.807) is 0 Å². The van der Waals surface area contributed by atoms with Crippen LogP contribution in [-0.4, -0.2) is 25.5 Å². The minimum Gasteiger partial charge on any atom is -0.493 e. The van der Waals surface area contributed by atoms with E-state index < -0.39 is 17.9 Å². The van der Waals surface area contributed by atoms with Gasteiger partial charge in [-0.05, 0) is 12.1 Å². The summed E-state index contributed by atoms with van der Waals surface area (Å²) in [5.41, 5.74) is -0.207. The molecule has 0 aliphatic carbocycles. The predicted octanol–water partition coefficient (Wildman–Crippen LogP) is 1.98. The third-order valence-electron chi connectivity index (χ3n) is 1.78. The van der Waals surface area contributed by atoms with Crippen LogP contribution in [0.4, 0.5) is 13.2 Å². The Balaban J connectivity index is 3.12. The van der Waals surface area contributed by atoms with Crippen LogP contribution in [0.25, 0.3) is 0 Å². The van der Waals surface area contributed by atoms with Crippen LogP contribution in [-0.2, 0) is 4.79 Å². The molecule has 0 unspecified atom stereocenters. The first-order valence-electron chi connectivity index (χ1n) is 4.31. The van der Waals surface area contributed by atoms with Crippen LogP contribution in [0.3, 0.4) is 0 Å². The molecule has 0 radical (unpaired) electrons. The Hall–Kier alpha value is -2.05. The molecule has 0 aliphatic rings. The minimum atomic E-state index is -5.14. The normalized spacial score (nSPS) is 10.8. The van der Waals surface area contributed by atoms with Crippen molar-refractivity contribution < 1.29 is 32.2 Å². The molecule has 4 nitrogen and oxygen atoms in total. The average Bonchev–Trinajstić information content (AvgIpc) is 2.28. The van der Waals surface area contributed by atoms with E-state index in [-0.39, 0.29) is 17.6 Å². The molecule has 1 aromatic rings. The van der Waals surface area contributed by atoms with E-state index >= 15 is 0 Å². The molecule has 0 saturated carbocycles. The number of carbonyl (C=O) groups is 2. The molecule has 0 bridgehead atoms. The van der Waals surface area contributed by atoms with E-state index in [0.29, 0.717) is 0 Å². The Morgan fingerprint density at radius 3 is 2.47 bits per heavy atom. The van der Waals surface area contributed by atoms with E-state index in [1.165, 1.54) is 25.3 Å². The summed E-state index contributed by atoms with van der Waals surface area (Å²) in [6.07, 6.45) is -4.87. The highest BCUT2D eigenvalue weighted by atomic mass is 19.4. The lowest BCUT2D eigenvalue weighted by Gasteiger charge is -2.11. The largest absolute Gasteiger partial charge is 0.493 e. The first kappa shape index (κ1) is 13.0. The molecule has 1 aromatic carbocycles. The summed E-state index contributed by atoms with van der Waals surface area (Å²) in [6.45, 7) is 0. The van der Waals surface area contributed by atoms with Crippen molar-refractivity contribution in [2.45, 2.75) is 6.18 Å². The van der Waals surface area contributed by atoms with E-state index in [1.807, 2.05) is 0 Å². The van der Waals surface area contributed by atoms with Crippen molar-refractivity contribution >= 4 is 12.3 Å². The molecule has 0 atom stereocenters. The van der Waals surface area contributed by atoms with Gasteiger partial charge in [-0.25, -0.2) is 4.79 Å². The fourth-order valence-corrected chi connectivity index (χ4v) is 1.05. The highest BCUT2D eigenvalue weighted by Gasteiger charge is 2.42. The van der Waals surface area contributed by atoms with Gasteiger partial charge in [-0.1, -0.05) is 6.07 Å². The Kier molecular flexibility index (Phi) is 3.72. The first-order valence-corrected chi connectivity index (χ1v) is 4.31. The lowest BCUT2D eigenvalue weighted by atomic mass is 10.2. The lowest BCUT2D eigenvalue weighted by molar-refractivity contribution is -0.189. The van der Waals surface area contributed by atoms with E-state index in [0.717, 1.165) is 0 Å². The van der Waals surface area contributed by atoms with Crippen LogP contribution in [0.1, 0.15) is 10.4 Å². The van der Waals surface area contributed by atoms with Gasteiger partial charge in [0.25, 0.3) is 0 Å². The topological polar surface area (TPSA) is 52.6 Å². The van der Waals surface area contributed by atoms with E-state index in [9.17, 15) is 22.8 Å². The van der Waals surface area contributed by atoms with E-state index in [2.05, 4.69) is 4.74 Å². The summed E-state index contributed by atoms with van der Waals surface area (Å²) in [6, 6.07) is 3.86. The number of hydrogen-bond donors (Lipinski definition) is 0. The van der Waals surface area contributed by atoms with Crippen molar-refractivity contribution in [1.29, 1.82) is 0 Å². The maximum absolute atomic E-state index is 12.0. The number of methoxy groups -OCH3 is 1. The molecule has 0 amide bonds. The number of benzene rings is 1. The number of para-hydroxylation sites is 1. The lowest BCUT2D eigenvalue weighted by Crippen LogP contribution is -2.28. The summed E-state index contributed by atoms with van der Waals surface area (Å²) in [5.74, 6) is -3.09. The zero-order valence-electron chi connectivity index (χ0n) is 8.58. The SMILES string of the molecule is COc1cccc(C=O)c1OC(=O)C(F)(F)F. The van der Waals surface area contributed by atoms with Gasteiger partial charge in [-0.3, -0.25) is 4.79 Å². The zero-order chi connectivity index (χ0) is 13.1. The van der Waals surface area contributed by atoms with Crippen molar-refractivity contribution in [2.24, 2.45) is 0 Å². The van der Waals surface area contributed by atoms with Crippen LogP contribution in [0.15, 0.2) is 18.2 Å². The Labute approximate surface area is 93.9 Å². The number of carbonyl (C=O) groups excluding carboxylic acids is 2. The molecule has 17 heavy (non-hydrogen) atoms. The molecule has 92 valence electrons. The van der Waals surface area contributed by atoms with Crippen molar-refractivity contribution in [3.8, 4) is 11.5 Å². The number of rotatable bonds is 3. The standard InChI is InChI=1S/C10H7F3O4/c1-16-7-4-2-3-6(5-14)8(7)17-9(15)10(11,12)13/h2-5H,1H3. The monoisotopic (exact) mass is 248 g/mol. The van der Waals surface area contributed by atoms with Crippen LogP contribution in [0.2, 0.25) is 0 Å². The van der Waals surface area contributed by atoms with E-state index in [4.69, 9.17) is 4.74 Å². The second-order valence-electron chi connectivity index (χ2n) is 2.88. The number of aldehydes is 1. The number of alkyl halides is 3. The van der Waals surface area contributed by atoms with Gasteiger partial charge >= 0.3 is 12.1 Å². The molecule has 0 aromatic heterocycles. The Morgan fingerprint density at radius 1 is 1.35 bits per heavy atom. The second-order valence-corrected chi connectivity index (χ2v) is 2.88. The van der Waals surface area contributed by atoms with Crippen LogP contribution >= 0.6 is 0 Å². The van der Waals surface area contributed by atoms with Crippen LogP contribution in [0.5, 0.6) is 11.5 Å². The highest BCUT2D eigenvalue weighted by molar-refractivity contribution is 5.85. The smallest absolute Gasteiger partial charge is 0.491 e. The second kappa shape index (κ2) is 4.86. The molecule has 0 saturated heterocycles. The van der Waals surface area contributed by atoms with Gasteiger partial charge in [0, 0.05) is 0 Å². The fraction of sp³-hybridized carbons (Fsp3) is 0.200. The summed E-state index contributed by atoms with van der Waals surface area (Å²) in [7, 11) is 1.18. The summed E-state index contributed by atoms with van der Waals surface area (Å²) in [4.78, 5) is 21.3. The molecule has 0 aliphatic heterocycles. The Morgan fingerprint density at radius 2 is 2.00 bits per heavy atom. The van der Waals surface area contributed by atoms with Gasteiger partial charge in [0.1, 0.15) is 0 Å². The molecular formula is C10H7F3O4. The molecule has 0 spiro atoms. The van der Waals surface area contributed by atoms with Gasteiger partial charge < -0.3 is 9.47 Å². The summed E-state index contributed by atoms with van der Waals surface area (Å²) in [5, 5.41) is 0. The number of ether oxygens (including phenoxy) is 2. The molecule has 1 rings (SSSR count). The molecular weight excluding hydrogens is 241 g/mol. The fourth-order valence-electron chi connectivity index (χ4n) is 1.05. The molecule has 0 fully saturated rings. The minimum absolute atomic E-state index is 0.132. The van der Waals surface area contributed by atoms with Crippen molar-refractivity contribution in [1.82, 2.24) is 0 Å².